The predicted octanol–water partition coefficient (Wildman–Crippen LogP) is 0.185. The van der Waals surface area contributed by atoms with E-state index in [4.69, 9.17) is 9.47 Å². The Kier molecular flexibility index (Phi) is 9.22. The molecule has 1 amide bonds. The summed E-state index contributed by atoms with van der Waals surface area (Å²) in [6.07, 6.45) is 0.745. The number of hydrogen-bond acceptors (Lipinski definition) is 5. The zero-order valence-electron chi connectivity index (χ0n) is 11.3. The van der Waals surface area contributed by atoms with E-state index in [0.29, 0.717) is 13.0 Å². The van der Waals surface area contributed by atoms with E-state index in [1.165, 1.54) is 12.0 Å². The number of carbonyl (C=O) groups is 2. The highest BCUT2D eigenvalue weighted by Crippen LogP contribution is 2.06. The van der Waals surface area contributed by atoms with Crippen molar-refractivity contribution in [1.82, 2.24) is 4.90 Å². The quantitative estimate of drug-likeness (QED) is 0.599. The Hall–Kier alpha value is -1.14. The highest BCUT2D eigenvalue weighted by molar-refractivity contribution is 5.78. The molecule has 0 aromatic carbocycles. The Labute approximate surface area is 108 Å². The van der Waals surface area contributed by atoms with Crippen molar-refractivity contribution < 1.29 is 24.2 Å². The molecule has 0 saturated heterocycles. The fourth-order valence-electron chi connectivity index (χ4n) is 1.61. The van der Waals surface area contributed by atoms with Crippen molar-refractivity contribution in [2.75, 3.05) is 33.5 Å². The molecule has 106 valence electrons. The van der Waals surface area contributed by atoms with Crippen molar-refractivity contribution >= 4 is 11.9 Å². The first-order valence-corrected chi connectivity index (χ1v) is 6.15. The minimum Gasteiger partial charge on any atom is -0.466 e. The van der Waals surface area contributed by atoms with Crippen LogP contribution in [0, 0.1) is 0 Å². The van der Waals surface area contributed by atoms with E-state index >= 15 is 0 Å². The molecule has 0 aliphatic carbocycles. The number of aliphatic hydroxyl groups excluding tert-OH is 1. The van der Waals surface area contributed by atoms with Crippen molar-refractivity contribution in [3.05, 3.63) is 0 Å². The molecule has 1 unspecified atom stereocenters. The molecule has 1 atom stereocenters. The summed E-state index contributed by atoms with van der Waals surface area (Å²) >= 11 is 0. The van der Waals surface area contributed by atoms with Gasteiger partial charge in [-0.15, -0.1) is 0 Å². The number of nitrogens with zero attached hydrogens (tertiary/aromatic N) is 1. The Bertz CT molecular complexity index is 253. The Morgan fingerprint density at radius 3 is 2.44 bits per heavy atom. The molecule has 0 aromatic rings. The van der Waals surface area contributed by atoms with Gasteiger partial charge < -0.3 is 19.5 Å². The van der Waals surface area contributed by atoms with Crippen molar-refractivity contribution in [3.63, 3.8) is 0 Å². The fraction of sp³-hybridized carbons (Fsp3) is 0.833. The van der Waals surface area contributed by atoms with Crippen LogP contribution in [0.25, 0.3) is 0 Å². The summed E-state index contributed by atoms with van der Waals surface area (Å²) in [6.45, 7) is 3.98. The van der Waals surface area contributed by atoms with E-state index in [1.54, 1.807) is 6.92 Å². The van der Waals surface area contributed by atoms with Gasteiger partial charge in [0.2, 0.25) is 5.91 Å². The third-order valence-electron chi connectivity index (χ3n) is 2.57. The van der Waals surface area contributed by atoms with Crippen LogP contribution in [-0.2, 0) is 19.1 Å². The number of aliphatic hydroxyl groups is 1. The lowest BCUT2D eigenvalue weighted by Gasteiger charge is -2.29. The second kappa shape index (κ2) is 9.85. The van der Waals surface area contributed by atoms with Crippen LogP contribution in [0.1, 0.15) is 26.7 Å². The Morgan fingerprint density at radius 1 is 1.33 bits per heavy atom. The van der Waals surface area contributed by atoms with Crippen LogP contribution in [-0.4, -0.2) is 61.4 Å². The van der Waals surface area contributed by atoms with Gasteiger partial charge in [-0.1, -0.05) is 6.92 Å². The van der Waals surface area contributed by atoms with Gasteiger partial charge in [0.15, 0.2) is 0 Å². The van der Waals surface area contributed by atoms with E-state index in [-0.39, 0.29) is 44.1 Å². The van der Waals surface area contributed by atoms with Crippen LogP contribution >= 0.6 is 0 Å². The van der Waals surface area contributed by atoms with E-state index in [0.717, 1.165) is 0 Å². The summed E-state index contributed by atoms with van der Waals surface area (Å²) in [5.74, 6) is -0.580. The maximum absolute atomic E-state index is 11.8. The summed E-state index contributed by atoms with van der Waals surface area (Å²) in [5, 5.41) is 9.23. The topological polar surface area (TPSA) is 76.1 Å². The van der Waals surface area contributed by atoms with Gasteiger partial charge in [0.25, 0.3) is 0 Å². The molecule has 0 rings (SSSR count). The number of amides is 1. The first-order valence-electron chi connectivity index (χ1n) is 6.15. The molecule has 0 saturated carbocycles. The molecule has 0 spiro atoms. The number of ether oxygens (including phenoxy) is 2. The van der Waals surface area contributed by atoms with Gasteiger partial charge in [0.05, 0.1) is 25.7 Å². The average Bonchev–Trinajstić information content (AvgIpc) is 2.35. The largest absolute Gasteiger partial charge is 0.466 e. The Balaban J connectivity index is 4.46. The SMILES string of the molecule is CCOC(=O)CCN(C(=O)COC)C(CC)CO. The van der Waals surface area contributed by atoms with Crippen molar-refractivity contribution in [2.45, 2.75) is 32.7 Å². The van der Waals surface area contributed by atoms with Gasteiger partial charge in [0.1, 0.15) is 6.61 Å². The molecule has 1 N–H and O–H groups in total. The standard InChI is InChI=1S/C12H23NO5/c1-4-10(8-14)13(11(15)9-17-3)7-6-12(16)18-5-2/h10,14H,4-9H2,1-3H3. The van der Waals surface area contributed by atoms with Gasteiger partial charge in [-0.25, -0.2) is 0 Å². The highest BCUT2D eigenvalue weighted by Gasteiger charge is 2.22. The van der Waals surface area contributed by atoms with Crippen molar-refractivity contribution in [1.29, 1.82) is 0 Å². The normalized spacial score (nSPS) is 12.0. The summed E-state index contributed by atoms with van der Waals surface area (Å²) in [4.78, 5) is 24.6. The third kappa shape index (κ3) is 5.97. The summed E-state index contributed by atoms with van der Waals surface area (Å²) < 4.78 is 9.60. The molecule has 18 heavy (non-hydrogen) atoms. The van der Waals surface area contributed by atoms with Crippen LogP contribution < -0.4 is 0 Å². The summed E-state index contributed by atoms with van der Waals surface area (Å²) in [5.41, 5.74) is 0. The lowest BCUT2D eigenvalue weighted by Crippen LogP contribution is -2.45. The molecule has 0 bridgehead atoms. The smallest absolute Gasteiger partial charge is 0.307 e. The second-order valence-corrected chi connectivity index (χ2v) is 3.82. The molecule has 0 aromatic heterocycles. The number of hydrogen-bond donors (Lipinski definition) is 1. The minimum absolute atomic E-state index is 0.0562. The van der Waals surface area contributed by atoms with Crippen molar-refractivity contribution in [2.24, 2.45) is 0 Å². The second-order valence-electron chi connectivity index (χ2n) is 3.82. The molecule has 0 fully saturated rings. The molecule has 6 nitrogen and oxygen atoms in total. The molecular formula is C12H23NO5. The number of carbonyl (C=O) groups excluding carboxylic acids is 2. The average molecular weight is 261 g/mol. The lowest BCUT2D eigenvalue weighted by molar-refractivity contribution is -0.145. The van der Waals surface area contributed by atoms with Gasteiger partial charge in [-0.3, -0.25) is 9.59 Å². The van der Waals surface area contributed by atoms with Crippen LogP contribution in [0.5, 0.6) is 0 Å². The highest BCUT2D eigenvalue weighted by atomic mass is 16.5. The zero-order chi connectivity index (χ0) is 14.0. The van der Waals surface area contributed by atoms with E-state index in [2.05, 4.69) is 0 Å². The van der Waals surface area contributed by atoms with Crippen LogP contribution in [0.4, 0.5) is 0 Å². The van der Waals surface area contributed by atoms with E-state index in [9.17, 15) is 14.7 Å². The lowest BCUT2D eigenvalue weighted by atomic mass is 10.2. The van der Waals surface area contributed by atoms with Crippen molar-refractivity contribution in [3.8, 4) is 0 Å². The van der Waals surface area contributed by atoms with E-state index < -0.39 is 0 Å². The maximum atomic E-state index is 11.8. The number of rotatable bonds is 9. The zero-order valence-corrected chi connectivity index (χ0v) is 11.3. The molecule has 6 heteroatoms. The van der Waals surface area contributed by atoms with E-state index in [1.807, 2.05) is 6.92 Å². The molecule has 0 aliphatic rings. The monoisotopic (exact) mass is 261 g/mol. The molecule has 0 heterocycles. The first kappa shape index (κ1) is 16.9. The first-order chi connectivity index (χ1) is 8.60. The molecule has 0 radical (unpaired) electrons. The molecular weight excluding hydrogens is 238 g/mol. The number of esters is 1. The predicted molar refractivity (Wildman–Crippen MR) is 66.0 cm³/mol. The van der Waals surface area contributed by atoms with Gasteiger partial charge in [-0.2, -0.15) is 0 Å². The van der Waals surface area contributed by atoms with Crippen LogP contribution in [0.2, 0.25) is 0 Å². The summed E-state index contributed by atoms with van der Waals surface area (Å²) in [6, 6.07) is -0.290. The number of methoxy groups -OCH3 is 1. The van der Waals surface area contributed by atoms with Gasteiger partial charge in [0, 0.05) is 13.7 Å². The third-order valence-corrected chi connectivity index (χ3v) is 2.57. The van der Waals surface area contributed by atoms with Gasteiger partial charge >= 0.3 is 5.97 Å². The molecule has 0 aliphatic heterocycles. The minimum atomic E-state index is -0.347. The Morgan fingerprint density at radius 2 is 2.00 bits per heavy atom. The fourth-order valence-corrected chi connectivity index (χ4v) is 1.61. The van der Waals surface area contributed by atoms with Crippen LogP contribution in [0.15, 0.2) is 0 Å². The van der Waals surface area contributed by atoms with Crippen LogP contribution in [0.3, 0.4) is 0 Å². The maximum Gasteiger partial charge on any atom is 0.307 e. The summed E-state index contributed by atoms with van der Waals surface area (Å²) in [7, 11) is 1.43. The van der Waals surface area contributed by atoms with Gasteiger partial charge in [-0.05, 0) is 13.3 Å².